The molecule has 0 rings (SSSR count). The average molecular weight is 701 g/mol. The van der Waals surface area contributed by atoms with Gasteiger partial charge in [-0.05, 0) is 51.4 Å². The summed E-state index contributed by atoms with van der Waals surface area (Å²) in [7, 11) is -4.75. The van der Waals surface area contributed by atoms with Crippen molar-refractivity contribution < 1.29 is 37.9 Å². The number of allylic oxidation sites excluding steroid dienone is 3. The molecule has 0 fully saturated rings. The molecule has 48 heavy (non-hydrogen) atoms. The summed E-state index contributed by atoms with van der Waals surface area (Å²) in [6, 6.07) is 0. The van der Waals surface area contributed by atoms with Gasteiger partial charge in [-0.3, -0.25) is 14.1 Å². The Labute approximate surface area is 294 Å². The van der Waals surface area contributed by atoms with Gasteiger partial charge in [0.1, 0.15) is 6.61 Å². The van der Waals surface area contributed by atoms with Crippen LogP contribution in [-0.2, 0) is 28.2 Å². The van der Waals surface area contributed by atoms with Crippen molar-refractivity contribution in [2.45, 2.75) is 199 Å². The predicted molar refractivity (Wildman–Crippen MR) is 198 cm³/mol. The van der Waals surface area contributed by atoms with E-state index in [0.717, 1.165) is 44.9 Å². The predicted octanol–water partition coefficient (Wildman–Crippen LogP) is 11.6. The van der Waals surface area contributed by atoms with Gasteiger partial charge >= 0.3 is 19.8 Å². The first-order valence-corrected chi connectivity index (χ1v) is 21.1. The topological polar surface area (TPSA) is 119 Å². The molecule has 0 amide bonds. The number of ether oxygens (including phenoxy) is 2. The highest BCUT2D eigenvalue weighted by atomic mass is 31.2. The van der Waals surface area contributed by atoms with E-state index in [2.05, 4.69) is 30.2 Å². The van der Waals surface area contributed by atoms with Gasteiger partial charge in [-0.1, -0.05) is 147 Å². The lowest BCUT2D eigenvalue weighted by Gasteiger charge is -2.18. The molecule has 0 aromatic heterocycles. The lowest BCUT2D eigenvalue weighted by molar-refractivity contribution is -0.161. The van der Waals surface area contributed by atoms with E-state index in [1.54, 1.807) is 0 Å². The highest BCUT2D eigenvalue weighted by Gasteiger charge is 2.22. The summed E-state index contributed by atoms with van der Waals surface area (Å²) in [5.74, 6) is -0.908. The molecule has 0 radical (unpaired) electrons. The average Bonchev–Trinajstić information content (AvgIpc) is 3.05. The van der Waals surface area contributed by atoms with Crippen molar-refractivity contribution in [2.24, 2.45) is 0 Å². The summed E-state index contributed by atoms with van der Waals surface area (Å²) in [5, 5.41) is 0. The van der Waals surface area contributed by atoms with Gasteiger partial charge in [-0.2, -0.15) is 0 Å². The van der Waals surface area contributed by atoms with Gasteiger partial charge in [-0.15, -0.1) is 6.58 Å². The number of phosphoric ester groups is 1. The second-order valence-corrected chi connectivity index (χ2v) is 14.6. The number of phosphoric acid groups is 1. The quantitative estimate of drug-likeness (QED) is 0.0284. The standard InChI is InChI=1S/C39H73O8P/c1-3-5-7-9-11-13-15-17-19-21-23-25-27-29-31-33-38(40)45-35-37(36-46-48(42,43)44)47-39(41)34-32-30-28-26-24-22-20-18-16-14-12-10-8-6-4-2/h3,24,26,37H,1,4-23,25,27-36H2,2H3,(H2,42,43,44)/b26-24+/t37-/m1/s1. The zero-order valence-electron chi connectivity index (χ0n) is 30.7. The van der Waals surface area contributed by atoms with Crippen molar-refractivity contribution in [1.82, 2.24) is 0 Å². The maximum Gasteiger partial charge on any atom is 0.469 e. The summed E-state index contributed by atoms with van der Waals surface area (Å²) >= 11 is 0. The molecule has 0 aliphatic carbocycles. The van der Waals surface area contributed by atoms with Gasteiger partial charge < -0.3 is 19.3 Å². The van der Waals surface area contributed by atoms with E-state index in [4.69, 9.17) is 19.3 Å². The van der Waals surface area contributed by atoms with Crippen LogP contribution in [0.15, 0.2) is 24.8 Å². The smallest absolute Gasteiger partial charge is 0.462 e. The van der Waals surface area contributed by atoms with Crippen LogP contribution in [0, 0.1) is 0 Å². The molecule has 0 aromatic carbocycles. The van der Waals surface area contributed by atoms with E-state index in [9.17, 15) is 14.2 Å². The van der Waals surface area contributed by atoms with Gasteiger partial charge in [0.05, 0.1) is 6.61 Å². The molecule has 1 atom stereocenters. The molecule has 0 heterocycles. The minimum atomic E-state index is -4.75. The van der Waals surface area contributed by atoms with E-state index in [1.165, 1.54) is 122 Å². The first kappa shape index (κ1) is 46.5. The first-order valence-electron chi connectivity index (χ1n) is 19.6. The Bertz CT molecular complexity index is 825. The van der Waals surface area contributed by atoms with E-state index in [-0.39, 0.29) is 19.4 Å². The monoisotopic (exact) mass is 701 g/mol. The Balaban J connectivity index is 3.94. The van der Waals surface area contributed by atoms with E-state index >= 15 is 0 Å². The molecule has 0 spiro atoms. The molecule has 0 aromatic rings. The fourth-order valence-electron chi connectivity index (χ4n) is 5.64. The molecule has 282 valence electrons. The third kappa shape index (κ3) is 37.4. The summed E-state index contributed by atoms with van der Waals surface area (Å²) in [6.45, 7) is 5.18. The van der Waals surface area contributed by atoms with Crippen LogP contribution in [0.25, 0.3) is 0 Å². The molecule has 0 saturated carbocycles. The Morgan fingerprint density at radius 1 is 0.583 bits per heavy atom. The molecule has 0 bridgehead atoms. The van der Waals surface area contributed by atoms with E-state index in [0.29, 0.717) is 6.42 Å². The lowest BCUT2D eigenvalue weighted by Crippen LogP contribution is -2.29. The lowest BCUT2D eigenvalue weighted by atomic mass is 10.0. The number of carbonyl (C=O) groups excluding carboxylic acids is 2. The molecular formula is C39H73O8P. The molecular weight excluding hydrogens is 627 g/mol. The number of hydrogen-bond acceptors (Lipinski definition) is 6. The van der Waals surface area contributed by atoms with E-state index in [1.807, 2.05) is 6.08 Å². The fraction of sp³-hybridized carbons (Fsp3) is 0.846. The van der Waals surface area contributed by atoms with Crippen LogP contribution in [0.4, 0.5) is 0 Å². The van der Waals surface area contributed by atoms with Gasteiger partial charge in [0.2, 0.25) is 0 Å². The second-order valence-electron chi connectivity index (χ2n) is 13.3. The van der Waals surface area contributed by atoms with Crippen molar-refractivity contribution in [1.29, 1.82) is 0 Å². The molecule has 2 N–H and O–H groups in total. The van der Waals surface area contributed by atoms with Gasteiger partial charge in [-0.25, -0.2) is 4.57 Å². The van der Waals surface area contributed by atoms with Crippen molar-refractivity contribution >= 4 is 19.8 Å². The minimum absolute atomic E-state index is 0.183. The Morgan fingerprint density at radius 2 is 0.979 bits per heavy atom. The molecule has 8 nitrogen and oxygen atoms in total. The molecule has 0 saturated heterocycles. The molecule has 0 aliphatic heterocycles. The van der Waals surface area contributed by atoms with Crippen molar-refractivity contribution in [2.75, 3.05) is 13.2 Å². The third-order valence-electron chi connectivity index (χ3n) is 8.59. The Hall–Kier alpha value is -1.47. The van der Waals surface area contributed by atoms with Crippen LogP contribution in [0.3, 0.4) is 0 Å². The fourth-order valence-corrected chi connectivity index (χ4v) is 6.00. The number of hydrogen-bond donors (Lipinski definition) is 2. The van der Waals surface area contributed by atoms with Crippen LogP contribution >= 0.6 is 7.82 Å². The third-order valence-corrected chi connectivity index (χ3v) is 9.07. The number of esters is 2. The summed E-state index contributed by atoms with van der Waals surface area (Å²) in [5.41, 5.74) is 0. The highest BCUT2D eigenvalue weighted by Crippen LogP contribution is 2.36. The molecule has 0 aliphatic rings. The van der Waals surface area contributed by atoms with Crippen LogP contribution < -0.4 is 0 Å². The number of carbonyl (C=O) groups is 2. The summed E-state index contributed by atoms with van der Waals surface area (Å²) in [4.78, 5) is 42.7. The SMILES string of the molecule is C=CCCCCCCCCCCCCCCCC(=O)OC[C@H](COP(=O)(O)O)OC(=O)CCCC/C=C/CCCCCCCCCCC. The Kier molecular flexibility index (Phi) is 34.3. The normalized spacial score (nSPS) is 12.4. The van der Waals surface area contributed by atoms with E-state index < -0.39 is 32.5 Å². The zero-order valence-corrected chi connectivity index (χ0v) is 31.6. The maximum atomic E-state index is 12.4. The van der Waals surface area contributed by atoms with Crippen LogP contribution in [-0.4, -0.2) is 41.0 Å². The number of rotatable bonds is 37. The molecule has 9 heteroatoms. The second kappa shape index (κ2) is 35.4. The highest BCUT2D eigenvalue weighted by molar-refractivity contribution is 7.46. The summed E-state index contributed by atoms with van der Waals surface area (Å²) < 4.78 is 26.3. The minimum Gasteiger partial charge on any atom is -0.462 e. The van der Waals surface area contributed by atoms with Gasteiger partial charge in [0.25, 0.3) is 0 Å². The van der Waals surface area contributed by atoms with Crippen molar-refractivity contribution in [3.05, 3.63) is 24.8 Å². The number of unbranched alkanes of at least 4 members (excludes halogenated alkanes) is 24. The first-order chi connectivity index (χ1) is 23.3. The Morgan fingerprint density at radius 3 is 1.46 bits per heavy atom. The van der Waals surface area contributed by atoms with Crippen LogP contribution in [0.2, 0.25) is 0 Å². The van der Waals surface area contributed by atoms with Crippen molar-refractivity contribution in [3.8, 4) is 0 Å². The van der Waals surface area contributed by atoms with Crippen LogP contribution in [0.1, 0.15) is 193 Å². The maximum absolute atomic E-state index is 12.4. The zero-order chi connectivity index (χ0) is 35.4. The van der Waals surface area contributed by atoms with Gasteiger partial charge in [0, 0.05) is 12.8 Å². The molecule has 0 unspecified atom stereocenters. The largest absolute Gasteiger partial charge is 0.469 e. The van der Waals surface area contributed by atoms with Gasteiger partial charge in [0.15, 0.2) is 6.10 Å². The summed E-state index contributed by atoms with van der Waals surface area (Å²) in [6.07, 6.45) is 37.9. The van der Waals surface area contributed by atoms with Crippen LogP contribution in [0.5, 0.6) is 0 Å². The van der Waals surface area contributed by atoms with Crippen molar-refractivity contribution in [3.63, 3.8) is 0 Å².